The second kappa shape index (κ2) is 8.23. The Morgan fingerprint density at radius 2 is 1.86 bits per heavy atom. The molecule has 1 amide bonds. The molecule has 0 saturated carbocycles. The fraction of sp³-hybridized carbons (Fsp3) is 0.136. The van der Waals surface area contributed by atoms with Gasteiger partial charge in [-0.15, -0.1) is 0 Å². The number of amides is 1. The number of hydrogen-bond acceptors (Lipinski definition) is 3. The molecule has 0 radical (unpaired) electrons. The molecule has 140 valence electrons. The van der Waals surface area contributed by atoms with Crippen LogP contribution in [0.25, 0.3) is 10.9 Å². The molecule has 6 heteroatoms. The number of aromatic nitrogens is 3. The first-order chi connectivity index (χ1) is 13.7. The minimum atomic E-state index is -0.182. The summed E-state index contributed by atoms with van der Waals surface area (Å²) in [4.78, 5) is 16.8. The molecule has 4 rings (SSSR count). The molecule has 0 bridgehead atoms. The van der Waals surface area contributed by atoms with Crippen LogP contribution in [0, 0.1) is 0 Å². The lowest BCUT2D eigenvalue weighted by Gasteiger charge is -2.05. The first-order valence-corrected chi connectivity index (χ1v) is 9.46. The van der Waals surface area contributed by atoms with Crippen LogP contribution in [0.4, 0.5) is 0 Å². The molecule has 4 aromatic rings. The van der Waals surface area contributed by atoms with E-state index in [2.05, 4.69) is 15.4 Å². The molecule has 0 fully saturated rings. The van der Waals surface area contributed by atoms with E-state index in [1.807, 2.05) is 65.3 Å². The van der Waals surface area contributed by atoms with Crippen molar-refractivity contribution in [3.05, 3.63) is 94.9 Å². The fourth-order valence-corrected chi connectivity index (χ4v) is 3.35. The van der Waals surface area contributed by atoms with Gasteiger partial charge in [0.05, 0.1) is 12.1 Å². The Kier molecular flexibility index (Phi) is 5.35. The van der Waals surface area contributed by atoms with Crippen molar-refractivity contribution in [3.8, 4) is 0 Å². The van der Waals surface area contributed by atoms with E-state index in [1.165, 1.54) is 0 Å². The van der Waals surface area contributed by atoms with Gasteiger partial charge < -0.3 is 5.32 Å². The molecule has 0 atom stereocenters. The minimum Gasteiger partial charge on any atom is -0.350 e. The zero-order valence-corrected chi connectivity index (χ0v) is 15.9. The molecule has 2 aromatic carbocycles. The molecule has 1 N–H and O–H groups in total. The van der Waals surface area contributed by atoms with E-state index in [-0.39, 0.29) is 5.91 Å². The van der Waals surface area contributed by atoms with Gasteiger partial charge in [-0.05, 0) is 35.7 Å². The van der Waals surface area contributed by atoms with Crippen molar-refractivity contribution in [3.63, 3.8) is 0 Å². The van der Waals surface area contributed by atoms with Crippen LogP contribution in [0.3, 0.4) is 0 Å². The number of carbonyl (C=O) groups excluding carboxylic acids is 1. The third kappa shape index (κ3) is 3.89. The highest BCUT2D eigenvalue weighted by Gasteiger charge is 2.17. The van der Waals surface area contributed by atoms with Gasteiger partial charge in [0.2, 0.25) is 0 Å². The Morgan fingerprint density at radius 1 is 1.04 bits per heavy atom. The SMILES string of the molecule is O=C(NCCc1cccnc1)c1nn(Cc2ccccc2Cl)c2ccccc12. The normalized spacial score (nSPS) is 10.9. The molecule has 0 aliphatic rings. The van der Waals surface area contributed by atoms with Crippen molar-refractivity contribution in [1.82, 2.24) is 20.1 Å². The molecular formula is C22H19ClN4O. The van der Waals surface area contributed by atoms with Gasteiger partial charge >= 0.3 is 0 Å². The summed E-state index contributed by atoms with van der Waals surface area (Å²) in [6.07, 6.45) is 4.26. The van der Waals surface area contributed by atoms with Gasteiger partial charge in [-0.3, -0.25) is 14.5 Å². The summed E-state index contributed by atoms with van der Waals surface area (Å²) in [7, 11) is 0. The van der Waals surface area contributed by atoms with Crippen LogP contribution in [0.15, 0.2) is 73.1 Å². The van der Waals surface area contributed by atoms with E-state index in [0.29, 0.717) is 23.8 Å². The maximum absolute atomic E-state index is 12.8. The monoisotopic (exact) mass is 390 g/mol. The largest absolute Gasteiger partial charge is 0.350 e. The predicted octanol–water partition coefficient (Wildman–Crippen LogP) is 4.11. The summed E-state index contributed by atoms with van der Waals surface area (Å²) in [5, 5.41) is 9.06. The van der Waals surface area contributed by atoms with Gasteiger partial charge in [0.1, 0.15) is 0 Å². The van der Waals surface area contributed by atoms with Gasteiger partial charge in [-0.25, -0.2) is 0 Å². The molecular weight excluding hydrogens is 372 g/mol. The highest BCUT2D eigenvalue weighted by atomic mass is 35.5. The molecule has 2 aromatic heterocycles. The summed E-state index contributed by atoms with van der Waals surface area (Å²) < 4.78 is 1.83. The Hall–Kier alpha value is -3.18. The Balaban J connectivity index is 1.55. The minimum absolute atomic E-state index is 0.182. The third-order valence-electron chi connectivity index (χ3n) is 4.57. The van der Waals surface area contributed by atoms with Gasteiger partial charge in [0, 0.05) is 29.3 Å². The second-order valence-electron chi connectivity index (χ2n) is 6.48. The van der Waals surface area contributed by atoms with Crippen LogP contribution in [0.2, 0.25) is 5.02 Å². The van der Waals surface area contributed by atoms with E-state index >= 15 is 0 Å². The third-order valence-corrected chi connectivity index (χ3v) is 4.94. The number of pyridine rings is 1. The van der Waals surface area contributed by atoms with Gasteiger partial charge in [-0.1, -0.05) is 54.1 Å². The fourth-order valence-electron chi connectivity index (χ4n) is 3.15. The number of benzene rings is 2. The maximum atomic E-state index is 12.8. The average molecular weight is 391 g/mol. The molecule has 2 heterocycles. The number of rotatable bonds is 6. The van der Waals surface area contributed by atoms with Crippen LogP contribution in [-0.2, 0) is 13.0 Å². The second-order valence-corrected chi connectivity index (χ2v) is 6.89. The number of nitrogens with one attached hydrogen (secondary N) is 1. The van der Waals surface area contributed by atoms with Crippen molar-refractivity contribution in [2.75, 3.05) is 6.54 Å². The van der Waals surface area contributed by atoms with Crippen LogP contribution >= 0.6 is 11.6 Å². The van der Waals surface area contributed by atoms with Gasteiger partial charge in [0.25, 0.3) is 5.91 Å². The topological polar surface area (TPSA) is 59.8 Å². The van der Waals surface area contributed by atoms with Crippen molar-refractivity contribution in [2.45, 2.75) is 13.0 Å². The number of fused-ring (bicyclic) bond motifs is 1. The van der Waals surface area contributed by atoms with E-state index in [4.69, 9.17) is 11.6 Å². The van der Waals surface area contributed by atoms with Gasteiger partial charge in [0.15, 0.2) is 5.69 Å². The van der Waals surface area contributed by atoms with E-state index in [9.17, 15) is 4.79 Å². The lowest BCUT2D eigenvalue weighted by atomic mass is 10.2. The standard InChI is InChI=1S/C22H19ClN4O/c23-19-9-3-1-7-17(19)15-27-20-10-4-2-8-18(20)21(26-27)22(28)25-13-11-16-6-5-12-24-14-16/h1-10,12,14H,11,13,15H2,(H,25,28). The van der Waals surface area contributed by atoms with Crippen molar-refractivity contribution >= 4 is 28.4 Å². The summed E-state index contributed by atoms with van der Waals surface area (Å²) >= 11 is 6.30. The number of nitrogens with zero attached hydrogens (tertiary/aromatic N) is 3. The van der Waals surface area contributed by atoms with Crippen molar-refractivity contribution in [1.29, 1.82) is 0 Å². The van der Waals surface area contributed by atoms with Crippen molar-refractivity contribution < 1.29 is 4.79 Å². The number of carbonyl (C=O) groups is 1. The first kappa shape index (κ1) is 18.2. The van der Waals surface area contributed by atoms with Crippen LogP contribution in [-0.4, -0.2) is 27.2 Å². The lowest BCUT2D eigenvalue weighted by molar-refractivity contribution is 0.0950. The summed E-state index contributed by atoms with van der Waals surface area (Å²) in [5.41, 5.74) is 3.37. The first-order valence-electron chi connectivity index (χ1n) is 9.08. The Morgan fingerprint density at radius 3 is 2.68 bits per heavy atom. The van der Waals surface area contributed by atoms with Crippen LogP contribution in [0.5, 0.6) is 0 Å². The molecule has 28 heavy (non-hydrogen) atoms. The van der Waals surface area contributed by atoms with Crippen molar-refractivity contribution in [2.24, 2.45) is 0 Å². The smallest absolute Gasteiger partial charge is 0.272 e. The van der Waals surface area contributed by atoms with Gasteiger partial charge in [-0.2, -0.15) is 5.10 Å². The van der Waals surface area contributed by atoms with E-state index in [1.54, 1.807) is 12.4 Å². The highest BCUT2D eigenvalue weighted by Crippen LogP contribution is 2.22. The number of para-hydroxylation sites is 1. The molecule has 0 spiro atoms. The summed E-state index contributed by atoms with van der Waals surface area (Å²) in [6.45, 7) is 1.03. The molecule has 0 aliphatic carbocycles. The van der Waals surface area contributed by atoms with Crippen LogP contribution in [0.1, 0.15) is 21.6 Å². The molecule has 0 aliphatic heterocycles. The molecule has 5 nitrogen and oxygen atoms in total. The molecule has 0 unspecified atom stereocenters. The quantitative estimate of drug-likeness (QED) is 0.539. The maximum Gasteiger partial charge on any atom is 0.272 e. The lowest BCUT2D eigenvalue weighted by Crippen LogP contribution is -2.26. The van der Waals surface area contributed by atoms with E-state index < -0.39 is 0 Å². The van der Waals surface area contributed by atoms with E-state index in [0.717, 1.165) is 28.5 Å². The zero-order chi connectivity index (χ0) is 19.3. The van der Waals surface area contributed by atoms with Crippen LogP contribution < -0.4 is 5.32 Å². The Bertz CT molecular complexity index is 1110. The molecule has 0 saturated heterocycles. The predicted molar refractivity (Wildman–Crippen MR) is 111 cm³/mol. The summed E-state index contributed by atoms with van der Waals surface area (Å²) in [5.74, 6) is -0.182. The average Bonchev–Trinajstić information content (AvgIpc) is 3.09. The highest BCUT2D eigenvalue weighted by molar-refractivity contribution is 6.31. The zero-order valence-electron chi connectivity index (χ0n) is 15.2. The summed E-state index contributed by atoms with van der Waals surface area (Å²) in [6, 6.07) is 19.3. The number of halogens is 1. The number of hydrogen-bond donors (Lipinski definition) is 1. The Labute approximate surface area is 168 Å².